The van der Waals surface area contributed by atoms with Crippen molar-refractivity contribution in [1.29, 1.82) is 0 Å². The number of hydrogen-bond acceptors (Lipinski definition) is 3. The maximum absolute atomic E-state index is 6.09. The maximum Gasteiger partial charge on any atom is 0.120 e. The predicted molar refractivity (Wildman–Crippen MR) is 128 cm³/mol. The van der Waals surface area contributed by atoms with Crippen molar-refractivity contribution in [3.8, 4) is 22.8 Å². The van der Waals surface area contributed by atoms with Crippen molar-refractivity contribution >= 4 is 10.9 Å². The molecule has 0 spiro atoms. The molecule has 0 amide bonds. The Morgan fingerprint density at radius 3 is 2.35 bits per heavy atom. The van der Waals surface area contributed by atoms with Crippen LogP contribution in [0.1, 0.15) is 30.9 Å². The molecule has 4 heteroatoms. The van der Waals surface area contributed by atoms with Crippen molar-refractivity contribution < 1.29 is 9.47 Å². The van der Waals surface area contributed by atoms with Gasteiger partial charge in [0.25, 0.3) is 0 Å². The zero-order valence-corrected chi connectivity index (χ0v) is 18.1. The van der Waals surface area contributed by atoms with E-state index in [1.807, 2.05) is 43.3 Å². The van der Waals surface area contributed by atoms with Crippen LogP contribution in [0.25, 0.3) is 22.2 Å². The smallest absolute Gasteiger partial charge is 0.120 e. The molecule has 3 aromatic carbocycles. The summed E-state index contributed by atoms with van der Waals surface area (Å²) < 4.78 is 11.7. The van der Waals surface area contributed by atoms with Gasteiger partial charge in [0, 0.05) is 16.6 Å². The molecule has 0 aliphatic heterocycles. The molecule has 0 fully saturated rings. The third-order valence-corrected chi connectivity index (χ3v) is 5.46. The Balaban J connectivity index is 1.65. The highest BCUT2D eigenvalue weighted by molar-refractivity contribution is 5.91. The molecular formula is C27H30N2O2. The van der Waals surface area contributed by atoms with E-state index in [-0.39, 0.29) is 0 Å². The first-order valence-corrected chi connectivity index (χ1v) is 11.0. The molecule has 31 heavy (non-hydrogen) atoms. The first kappa shape index (κ1) is 21.0. The highest BCUT2D eigenvalue weighted by atomic mass is 16.5. The number of aromatic amines is 1. The third-order valence-electron chi connectivity index (χ3n) is 5.46. The summed E-state index contributed by atoms with van der Waals surface area (Å²) in [6.07, 6.45) is 3.05. The van der Waals surface area contributed by atoms with Crippen molar-refractivity contribution in [2.24, 2.45) is 5.73 Å². The molecule has 0 atom stereocenters. The standard InChI is InChI=1S/C27H30N2O2/c1-2-30-22-13-11-21(12-14-22)27-24(10-6-7-17-28)25-18-23(15-16-26(25)29-27)31-19-20-8-4-3-5-9-20/h3-5,8-9,11-16,18,29H,2,6-7,10,17,19,28H2,1H3. The number of rotatable bonds is 10. The molecule has 0 aliphatic carbocycles. The van der Waals surface area contributed by atoms with Crippen LogP contribution >= 0.6 is 0 Å². The van der Waals surface area contributed by atoms with Gasteiger partial charge in [-0.1, -0.05) is 30.3 Å². The lowest BCUT2D eigenvalue weighted by Gasteiger charge is -2.08. The fourth-order valence-electron chi connectivity index (χ4n) is 3.89. The van der Waals surface area contributed by atoms with Crippen molar-refractivity contribution in [1.82, 2.24) is 4.98 Å². The number of aryl methyl sites for hydroxylation is 1. The number of H-pyrrole nitrogens is 1. The van der Waals surface area contributed by atoms with E-state index in [1.54, 1.807) is 0 Å². The zero-order valence-electron chi connectivity index (χ0n) is 18.1. The Bertz CT molecular complexity index is 1100. The normalized spacial score (nSPS) is 11.0. The molecule has 1 aromatic heterocycles. The van der Waals surface area contributed by atoms with Gasteiger partial charge in [-0.3, -0.25) is 0 Å². The summed E-state index contributed by atoms with van der Waals surface area (Å²) in [5.41, 5.74) is 11.7. The monoisotopic (exact) mass is 414 g/mol. The molecule has 4 aromatic rings. The van der Waals surface area contributed by atoms with Crippen molar-refractivity contribution in [2.75, 3.05) is 13.2 Å². The number of nitrogens with two attached hydrogens (primary N) is 1. The summed E-state index contributed by atoms with van der Waals surface area (Å²) in [7, 11) is 0. The van der Waals surface area contributed by atoms with Crippen LogP contribution in [-0.4, -0.2) is 18.1 Å². The van der Waals surface area contributed by atoms with Gasteiger partial charge < -0.3 is 20.2 Å². The van der Waals surface area contributed by atoms with E-state index in [1.165, 1.54) is 10.9 Å². The second kappa shape index (κ2) is 10.2. The van der Waals surface area contributed by atoms with Gasteiger partial charge in [0.05, 0.1) is 6.61 Å². The summed E-state index contributed by atoms with van der Waals surface area (Å²) in [6, 6.07) is 24.9. The summed E-state index contributed by atoms with van der Waals surface area (Å²) in [4.78, 5) is 3.63. The van der Waals surface area contributed by atoms with Crippen LogP contribution in [0.15, 0.2) is 72.8 Å². The number of ether oxygens (including phenoxy) is 2. The van der Waals surface area contributed by atoms with E-state index >= 15 is 0 Å². The Morgan fingerprint density at radius 1 is 0.839 bits per heavy atom. The van der Waals surface area contributed by atoms with Crippen LogP contribution in [0, 0.1) is 0 Å². The highest BCUT2D eigenvalue weighted by Crippen LogP contribution is 2.34. The van der Waals surface area contributed by atoms with Crippen molar-refractivity contribution in [3.05, 3.63) is 83.9 Å². The van der Waals surface area contributed by atoms with Crippen LogP contribution in [-0.2, 0) is 13.0 Å². The number of nitrogens with one attached hydrogen (secondary N) is 1. The molecule has 1 heterocycles. The summed E-state index contributed by atoms with van der Waals surface area (Å²) in [5, 5.41) is 1.21. The Labute approximate surface area is 184 Å². The van der Waals surface area contributed by atoms with E-state index in [4.69, 9.17) is 15.2 Å². The Morgan fingerprint density at radius 2 is 1.61 bits per heavy atom. The molecular weight excluding hydrogens is 384 g/mol. The molecule has 3 N–H and O–H groups in total. The van der Waals surface area contributed by atoms with Gasteiger partial charge in [-0.05, 0) is 91.9 Å². The minimum atomic E-state index is 0.561. The Hall–Kier alpha value is -3.24. The highest BCUT2D eigenvalue weighted by Gasteiger charge is 2.14. The van der Waals surface area contributed by atoms with Crippen LogP contribution in [0.4, 0.5) is 0 Å². The number of unbranched alkanes of at least 4 members (excludes halogenated alkanes) is 1. The SMILES string of the molecule is CCOc1ccc(-c2[nH]c3ccc(OCc4ccccc4)cc3c2CCCCN)cc1. The minimum absolute atomic E-state index is 0.561. The van der Waals surface area contributed by atoms with Gasteiger partial charge in [-0.15, -0.1) is 0 Å². The number of aromatic nitrogens is 1. The second-order valence-electron chi connectivity index (χ2n) is 7.66. The Kier molecular flexibility index (Phi) is 6.90. The fraction of sp³-hybridized carbons (Fsp3) is 0.259. The summed E-state index contributed by atoms with van der Waals surface area (Å²) in [5.74, 6) is 1.78. The topological polar surface area (TPSA) is 60.3 Å². The first-order chi connectivity index (χ1) is 15.3. The van der Waals surface area contributed by atoms with Crippen LogP contribution < -0.4 is 15.2 Å². The molecule has 4 rings (SSSR count). The van der Waals surface area contributed by atoms with E-state index in [2.05, 4.69) is 41.4 Å². The zero-order chi connectivity index (χ0) is 21.5. The lowest BCUT2D eigenvalue weighted by molar-refractivity contribution is 0.306. The summed E-state index contributed by atoms with van der Waals surface area (Å²) >= 11 is 0. The fourth-order valence-corrected chi connectivity index (χ4v) is 3.89. The van der Waals surface area contributed by atoms with Gasteiger partial charge in [0.2, 0.25) is 0 Å². The van der Waals surface area contributed by atoms with Crippen molar-refractivity contribution in [2.45, 2.75) is 32.8 Å². The van der Waals surface area contributed by atoms with E-state index in [0.717, 1.165) is 53.1 Å². The maximum atomic E-state index is 6.09. The molecule has 160 valence electrons. The summed E-state index contributed by atoms with van der Waals surface area (Å²) in [6.45, 7) is 3.94. The quantitative estimate of drug-likeness (QED) is 0.309. The number of fused-ring (bicyclic) bond motifs is 1. The van der Waals surface area contributed by atoms with E-state index in [9.17, 15) is 0 Å². The van der Waals surface area contributed by atoms with E-state index in [0.29, 0.717) is 19.8 Å². The van der Waals surface area contributed by atoms with Gasteiger partial charge in [-0.25, -0.2) is 0 Å². The average molecular weight is 415 g/mol. The van der Waals surface area contributed by atoms with Gasteiger partial charge in [0.15, 0.2) is 0 Å². The lowest BCUT2D eigenvalue weighted by atomic mass is 10.00. The molecule has 0 bridgehead atoms. The average Bonchev–Trinajstić information content (AvgIpc) is 3.17. The number of hydrogen-bond donors (Lipinski definition) is 2. The molecule has 0 unspecified atom stereocenters. The second-order valence-corrected chi connectivity index (χ2v) is 7.66. The number of benzene rings is 3. The molecule has 0 saturated carbocycles. The van der Waals surface area contributed by atoms with Gasteiger partial charge in [-0.2, -0.15) is 0 Å². The van der Waals surface area contributed by atoms with E-state index < -0.39 is 0 Å². The van der Waals surface area contributed by atoms with Crippen molar-refractivity contribution in [3.63, 3.8) is 0 Å². The molecule has 0 saturated heterocycles. The van der Waals surface area contributed by atoms with Crippen LogP contribution in [0.2, 0.25) is 0 Å². The molecule has 0 radical (unpaired) electrons. The largest absolute Gasteiger partial charge is 0.494 e. The van der Waals surface area contributed by atoms with Crippen LogP contribution in [0.5, 0.6) is 11.5 Å². The lowest BCUT2D eigenvalue weighted by Crippen LogP contribution is -1.99. The third kappa shape index (κ3) is 5.09. The minimum Gasteiger partial charge on any atom is -0.494 e. The first-order valence-electron chi connectivity index (χ1n) is 11.0. The van der Waals surface area contributed by atoms with Crippen LogP contribution in [0.3, 0.4) is 0 Å². The molecule has 4 nitrogen and oxygen atoms in total. The molecule has 0 aliphatic rings. The predicted octanol–water partition coefficient (Wildman–Crippen LogP) is 6.09. The van der Waals surface area contributed by atoms with Gasteiger partial charge >= 0.3 is 0 Å². The van der Waals surface area contributed by atoms with Gasteiger partial charge in [0.1, 0.15) is 18.1 Å².